The second-order valence-electron chi connectivity index (χ2n) is 13.1. The highest BCUT2D eigenvalue weighted by atomic mass is 32.2. The van der Waals surface area contributed by atoms with E-state index >= 15 is 0 Å². The fourth-order valence-corrected chi connectivity index (χ4v) is 12.2. The molecule has 13 rings (SSSR count). The minimum absolute atomic E-state index is 0. The van der Waals surface area contributed by atoms with Gasteiger partial charge >= 0.3 is 0 Å². The Hall–Kier alpha value is -2.04. The maximum absolute atomic E-state index is 13.2. The van der Waals surface area contributed by atoms with Crippen LogP contribution in [0.25, 0.3) is 0 Å². The number of carbonyl (C=O) groups excluding carboxylic acids is 3. The van der Waals surface area contributed by atoms with E-state index in [0.29, 0.717) is 26.7 Å². The number of ether oxygens (including phenoxy) is 1. The maximum atomic E-state index is 13.2. The molecule has 13 heteroatoms. The number of rotatable bonds is 0. The number of aliphatic hydroxyl groups excluding tert-OH is 6. The summed E-state index contributed by atoms with van der Waals surface area (Å²) in [6.45, 7) is 2.00. The van der Waals surface area contributed by atoms with Gasteiger partial charge in [-0.1, -0.05) is 60.0 Å². The molecule has 4 aliphatic heterocycles. The normalized spacial score (nSPS) is 44.7. The highest BCUT2D eigenvalue weighted by Crippen LogP contribution is 2.60. The van der Waals surface area contributed by atoms with E-state index in [1.165, 1.54) is 48.1 Å². The summed E-state index contributed by atoms with van der Waals surface area (Å²) in [5.74, 6) is -2.34. The fraction of sp³-hybridized carbons (Fsp3) is 0.500. The Morgan fingerprint density at radius 3 is 1.30 bits per heavy atom. The fourth-order valence-electron chi connectivity index (χ4n) is 8.09. The summed E-state index contributed by atoms with van der Waals surface area (Å²) in [6, 6.07) is 0. The third-order valence-electron chi connectivity index (χ3n) is 10.6. The van der Waals surface area contributed by atoms with Crippen LogP contribution in [-0.4, -0.2) is 104 Å². The number of aliphatic hydroxyl groups is 6. The van der Waals surface area contributed by atoms with Crippen molar-refractivity contribution >= 4 is 52.6 Å². The summed E-state index contributed by atoms with van der Waals surface area (Å²) in [7, 11) is 0. The van der Waals surface area contributed by atoms with Crippen LogP contribution in [0.3, 0.4) is 0 Å². The number of hydrogen-bond donors (Lipinski definition) is 6. The summed E-state index contributed by atoms with van der Waals surface area (Å²) >= 11 is 3.94. The molecule has 4 heterocycles. The lowest BCUT2D eigenvalue weighted by Gasteiger charge is -2.39. The third-order valence-corrected chi connectivity index (χ3v) is 14.5. The van der Waals surface area contributed by atoms with Crippen molar-refractivity contribution in [2.45, 2.75) is 49.5 Å². The maximum Gasteiger partial charge on any atom is 0.198 e. The molecule has 6 bridgehead atoms. The van der Waals surface area contributed by atoms with Crippen molar-refractivity contribution < 1.29 is 51.2 Å². The highest BCUT2D eigenvalue weighted by molar-refractivity contribution is 8.12. The molecular weight excluding hydrogens is 665 g/mol. The molecule has 0 aromatic heterocycles. The van der Waals surface area contributed by atoms with Crippen molar-refractivity contribution in [2.24, 2.45) is 35.5 Å². The Labute approximate surface area is 284 Å². The first-order valence-corrected chi connectivity index (χ1v) is 18.5. The standard InChI is InChI=1S/C20H16O6S2.C10H10O3S.C4H8O.H2/c21-11-5-1-3-7(13(11)23)17-9(5)15(25)19(27-17)20-16(26)10-6-2-4-8(18(10)28-20)14(24)12(6)22;11-6-3-14-10-5-2-1-4(7(6)10)8(12)9(5)13;1-2-4-5-3-1;/h1-8,11-14,21-24H;1-2,4-5,8-9,12-13H,3H2;1-4H2;1H/b20-19+;;;. The predicted molar refractivity (Wildman–Crippen MR) is 177 cm³/mol. The molecule has 12 atom stereocenters. The first-order valence-electron chi connectivity index (χ1n) is 15.9. The molecule has 250 valence electrons. The van der Waals surface area contributed by atoms with E-state index in [1.807, 2.05) is 24.3 Å². The highest BCUT2D eigenvalue weighted by Gasteiger charge is 2.55. The van der Waals surface area contributed by atoms with Gasteiger partial charge in [-0.25, -0.2) is 0 Å². The van der Waals surface area contributed by atoms with Crippen LogP contribution in [0.1, 0.15) is 14.3 Å². The van der Waals surface area contributed by atoms with Gasteiger partial charge in [0.15, 0.2) is 17.3 Å². The van der Waals surface area contributed by atoms with E-state index in [9.17, 15) is 45.0 Å². The van der Waals surface area contributed by atoms with E-state index in [0.717, 1.165) is 33.5 Å². The molecule has 0 amide bonds. The van der Waals surface area contributed by atoms with E-state index in [4.69, 9.17) is 4.74 Å². The van der Waals surface area contributed by atoms with Gasteiger partial charge in [-0.15, -0.1) is 11.8 Å². The zero-order valence-corrected chi connectivity index (χ0v) is 27.4. The van der Waals surface area contributed by atoms with E-state index < -0.39 is 60.3 Å². The number of fused-ring (bicyclic) bond motifs is 3. The van der Waals surface area contributed by atoms with Crippen LogP contribution in [-0.2, 0) is 19.1 Å². The smallest absolute Gasteiger partial charge is 0.198 e. The van der Waals surface area contributed by atoms with E-state index in [2.05, 4.69) is 0 Å². The Morgan fingerprint density at radius 1 is 0.532 bits per heavy atom. The molecule has 13 aliphatic rings. The van der Waals surface area contributed by atoms with Crippen LogP contribution in [0.2, 0.25) is 0 Å². The summed E-state index contributed by atoms with van der Waals surface area (Å²) in [4.78, 5) is 41.0. The summed E-state index contributed by atoms with van der Waals surface area (Å²) in [5, 5.41) is 60.6. The molecule has 0 aromatic carbocycles. The van der Waals surface area contributed by atoms with E-state index in [-0.39, 0.29) is 30.6 Å². The van der Waals surface area contributed by atoms with Gasteiger partial charge in [-0.2, -0.15) is 0 Å². The van der Waals surface area contributed by atoms with Crippen LogP contribution in [0.5, 0.6) is 0 Å². The number of allylic oxidation sites excluding steroid dienone is 2. The predicted octanol–water partition coefficient (Wildman–Crippen LogP) is 1.55. The van der Waals surface area contributed by atoms with Crippen LogP contribution >= 0.6 is 35.3 Å². The van der Waals surface area contributed by atoms with Gasteiger partial charge < -0.3 is 35.4 Å². The van der Waals surface area contributed by atoms with Crippen molar-refractivity contribution in [1.29, 1.82) is 0 Å². The summed E-state index contributed by atoms with van der Waals surface area (Å²) in [5.41, 5.74) is 1.72. The van der Waals surface area contributed by atoms with Crippen LogP contribution in [0.4, 0.5) is 0 Å². The molecule has 6 N–H and O–H groups in total. The molecule has 9 aliphatic carbocycles. The van der Waals surface area contributed by atoms with Gasteiger partial charge in [0.1, 0.15) is 0 Å². The number of thioether (sulfide) groups is 3. The third kappa shape index (κ3) is 4.80. The lowest BCUT2D eigenvalue weighted by molar-refractivity contribution is -0.115. The van der Waals surface area contributed by atoms with Crippen molar-refractivity contribution in [1.82, 2.24) is 0 Å². The molecule has 12 unspecified atom stereocenters. The molecule has 1 fully saturated rings. The minimum atomic E-state index is -1.02. The monoisotopic (exact) mass is 700 g/mol. The first-order chi connectivity index (χ1) is 22.6. The van der Waals surface area contributed by atoms with Crippen molar-refractivity contribution in [3.8, 4) is 0 Å². The van der Waals surface area contributed by atoms with Crippen LogP contribution in [0, 0.1) is 35.5 Å². The lowest BCUT2D eigenvalue weighted by atomic mass is 9.71. The Morgan fingerprint density at radius 2 is 0.894 bits per heavy atom. The first kappa shape index (κ1) is 32.2. The zero-order chi connectivity index (χ0) is 32.9. The average Bonchev–Trinajstić information content (AvgIpc) is 3.90. The Bertz CT molecular complexity index is 1600. The SMILES string of the molecule is C1CCOC1.O=C1C2=C(S/C1=C1/SC3=C(C1=O)C1C=CC3C(O)C1O)C1C=CC2C(O)C1O.O=C1CSC2=C1C1C=CC2C(O)C1O.[HH]. The van der Waals surface area contributed by atoms with Gasteiger partial charge in [0.2, 0.25) is 0 Å². The van der Waals surface area contributed by atoms with Crippen LogP contribution < -0.4 is 0 Å². The minimum Gasteiger partial charge on any atom is -0.389 e. The number of carbonyl (C=O) groups is 3. The van der Waals surface area contributed by atoms with Crippen LogP contribution in [0.15, 0.2) is 77.7 Å². The molecule has 0 radical (unpaired) electrons. The van der Waals surface area contributed by atoms with Gasteiger partial charge in [0, 0.05) is 81.6 Å². The second-order valence-corrected chi connectivity index (χ2v) is 16.3. The molecule has 10 nitrogen and oxygen atoms in total. The molecule has 0 aromatic rings. The van der Waals surface area contributed by atoms with E-state index in [1.54, 1.807) is 12.2 Å². The molecule has 47 heavy (non-hydrogen) atoms. The van der Waals surface area contributed by atoms with Gasteiger partial charge in [0.25, 0.3) is 0 Å². The summed E-state index contributed by atoms with van der Waals surface area (Å²) < 4.78 is 4.94. The Balaban J connectivity index is 0.000000151. The van der Waals surface area contributed by atoms with Crippen molar-refractivity contribution in [3.05, 3.63) is 77.7 Å². The largest absolute Gasteiger partial charge is 0.389 e. The zero-order valence-electron chi connectivity index (χ0n) is 25.0. The number of hydrogen-bond acceptors (Lipinski definition) is 13. The Kier molecular flexibility index (Phi) is 8.27. The van der Waals surface area contributed by atoms with Gasteiger partial charge in [0.05, 0.1) is 52.2 Å². The van der Waals surface area contributed by atoms with Crippen molar-refractivity contribution in [3.63, 3.8) is 0 Å². The quantitative estimate of drug-likeness (QED) is 0.158. The number of ketones is 3. The van der Waals surface area contributed by atoms with Crippen molar-refractivity contribution in [2.75, 3.05) is 19.0 Å². The average molecular weight is 701 g/mol. The number of Topliss-reactive ketones (excluding diaryl/α,β-unsaturated/α-hetero) is 3. The summed E-state index contributed by atoms with van der Waals surface area (Å²) in [6.07, 6.45) is 7.98. The van der Waals surface area contributed by atoms with Gasteiger partial charge in [-0.05, 0) is 12.8 Å². The van der Waals surface area contributed by atoms with Gasteiger partial charge in [-0.3, -0.25) is 14.4 Å². The lowest BCUT2D eigenvalue weighted by Crippen LogP contribution is -2.46. The molecule has 1 saturated heterocycles. The topological polar surface area (TPSA) is 182 Å². The molecular formula is C34H36O10S3. The molecule has 0 spiro atoms. The molecule has 0 saturated carbocycles. The second kappa shape index (κ2) is 12.1.